The van der Waals surface area contributed by atoms with E-state index >= 15 is 0 Å². The summed E-state index contributed by atoms with van der Waals surface area (Å²) < 4.78 is 4.53. The number of carboxylic acids is 1. The summed E-state index contributed by atoms with van der Waals surface area (Å²) in [6.45, 7) is 1.12. The molecule has 1 saturated heterocycles. The summed E-state index contributed by atoms with van der Waals surface area (Å²) in [4.78, 5) is 34.6. The second-order valence-corrected chi connectivity index (χ2v) is 5.36. The first-order valence-electron chi connectivity index (χ1n) is 5.39. The topological polar surface area (TPSA) is 133 Å². The number of aliphatic carboxylic acids is 1. The summed E-state index contributed by atoms with van der Waals surface area (Å²) >= 11 is 1.05. The average molecular weight is 310 g/mol. The van der Waals surface area contributed by atoms with Crippen LogP contribution < -0.4 is 40.4 Å². The number of carbonyl (C=O) groups excluding carboxylic acids is 3. The second-order valence-electron chi connectivity index (χ2n) is 4.15. The predicted octanol–water partition coefficient (Wildman–Crippen LogP) is -5.04. The van der Waals surface area contributed by atoms with Crippen molar-refractivity contribution in [3.05, 3.63) is 10.6 Å². The molecule has 0 aromatic rings. The SMILES string of the molecule is C[C@@H](O)[C@H]1C(=O)N2C(C(=O)[O-])=C(COC(N)=O)S[C@H]12.[Na+]. The van der Waals surface area contributed by atoms with Crippen LogP contribution in [0, 0.1) is 5.92 Å². The molecule has 0 aromatic heterocycles. The van der Waals surface area contributed by atoms with Gasteiger partial charge >= 0.3 is 35.7 Å². The minimum absolute atomic E-state index is 0. The Hall–Kier alpha value is -0.740. The number of fused-ring (bicyclic) bond motifs is 1. The fourth-order valence-corrected chi connectivity index (χ4v) is 3.60. The number of thioether (sulfide) groups is 1. The molecule has 2 heterocycles. The molecule has 2 amide bonds. The van der Waals surface area contributed by atoms with Gasteiger partial charge in [0, 0.05) is 0 Å². The summed E-state index contributed by atoms with van der Waals surface area (Å²) in [5, 5.41) is 20.0. The molecule has 0 aromatic carbocycles. The molecule has 1 fully saturated rings. The molecule has 20 heavy (non-hydrogen) atoms. The minimum atomic E-state index is -1.53. The van der Waals surface area contributed by atoms with E-state index in [0.29, 0.717) is 0 Å². The summed E-state index contributed by atoms with van der Waals surface area (Å²) in [6, 6.07) is 0. The molecular weight excluding hydrogens is 299 g/mol. The number of nitrogens with two attached hydrogens (primary N) is 1. The first-order chi connectivity index (χ1) is 8.84. The van der Waals surface area contributed by atoms with E-state index in [4.69, 9.17) is 5.73 Å². The van der Waals surface area contributed by atoms with Gasteiger partial charge in [0.15, 0.2) is 0 Å². The maximum absolute atomic E-state index is 11.8. The average Bonchev–Trinajstić information content (AvgIpc) is 2.60. The van der Waals surface area contributed by atoms with Gasteiger partial charge in [-0.3, -0.25) is 9.69 Å². The van der Waals surface area contributed by atoms with E-state index in [1.165, 1.54) is 6.92 Å². The number of ether oxygens (including phenoxy) is 1. The maximum Gasteiger partial charge on any atom is 1.00 e. The van der Waals surface area contributed by atoms with Gasteiger partial charge in [0.2, 0.25) is 5.91 Å². The van der Waals surface area contributed by atoms with Gasteiger partial charge in [0.25, 0.3) is 0 Å². The van der Waals surface area contributed by atoms with Crippen molar-refractivity contribution in [2.75, 3.05) is 6.61 Å². The van der Waals surface area contributed by atoms with Crippen molar-refractivity contribution in [1.82, 2.24) is 4.90 Å². The summed E-state index contributed by atoms with van der Waals surface area (Å²) in [6.07, 6.45) is -1.93. The molecule has 2 aliphatic rings. The van der Waals surface area contributed by atoms with Gasteiger partial charge in [0.05, 0.1) is 28.6 Å². The maximum atomic E-state index is 11.8. The number of primary amides is 1. The van der Waals surface area contributed by atoms with Gasteiger partial charge in [-0.05, 0) is 6.92 Å². The Morgan fingerprint density at radius 3 is 2.65 bits per heavy atom. The van der Waals surface area contributed by atoms with Gasteiger partial charge < -0.3 is 25.5 Å². The summed E-state index contributed by atoms with van der Waals surface area (Å²) in [5.41, 5.74) is 4.48. The normalized spacial score (nSPS) is 25.5. The molecule has 0 unspecified atom stereocenters. The standard InChI is InChI=1S/C10H12N2O6S.Na/c1-3(13)5-7(14)12-6(9(15)16)4(19-8(5)12)2-18-10(11)17;/h3,5,8,13H,2H2,1H3,(H2,11,17)(H,15,16);/q;+1/p-1/t3-,5+,8-;/m1./s1. The first-order valence-corrected chi connectivity index (χ1v) is 6.27. The molecule has 0 saturated carbocycles. The molecule has 8 nitrogen and oxygen atoms in total. The smallest absolute Gasteiger partial charge is 0.543 e. The van der Waals surface area contributed by atoms with E-state index in [9.17, 15) is 24.6 Å². The summed E-state index contributed by atoms with van der Waals surface area (Å²) in [5.74, 6) is -2.69. The number of hydrogen-bond acceptors (Lipinski definition) is 7. The Morgan fingerprint density at radius 2 is 2.20 bits per heavy atom. The van der Waals surface area contributed by atoms with E-state index in [1.54, 1.807) is 0 Å². The molecule has 2 rings (SSSR count). The van der Waals surface area contributed by atoms with Gasteiger partial charge in [-0.2, -0.15) is 0 Å². The van der Waals surface area contributed by atoms with Crippen LogP contribution in [-0.4, -0.2) is 46.1 Å². The van der Waals surface area contributed by atoms with Crippen molar-refractivity contribution in [2.24, 2.45) is 11.7 Å². The molecule has 0 radical (unpaired) electrons. The zero-order chi connectivity index (χ0) is 14.3. The van der Waals surface area contributed by atoms with Crippen LogP contribution in [0.4, 0.5) is 4.79 Å². The van der Waals surface area contributed by atoms with E-state index in [-0.39, 0.29) is 46.8 Å². The van der Waals surface area contributed by atoms with E-state index in [1.807, 2.05) is 0 Å². The quantitative estimate of drug-likeness (QED) is 0.392. The zero-order valence-electron chi connectivity index (χ0n) is 10.9. The zero-order valence-corrected chi connectivity index (χ0v) is 13.7. The van der Waals surface area contributed by atoms with Crippen LogP contribution in [0.5, 0.6) is 0 Å². The molecule has 2 aliphatic heterocycles. The van der Waals surface area contributed by atoms with Crippen molar-refractivity contribution in [2.45, 2.75) is 18.4 Å². The molecule has 10 heteroatoms. The number of carbonyl (C=O) groups is 3. The Morgan fingerprint density at radius 1 is 1.60 bits per heavy atom. The third-order valence-electron chi connectivity index (χ3n) is 2.91. The number of aliphatic hydroxyl groups is 1. The molecule has 0 aliphatic carbocycles. The van der Waals surface area contributed by atoms with Crippen LogP contribution in [0.25, 0.3) is 0 Å². The number of carboxylic acid groups (broad SMARTS) is 1. The predicted molar refractivity (Wildman–Crippen MR) is 61.0 cm³/mol. The third-order valence-corrected chi connectivity index (χ3v) is 4.25. The largest absolute Gasteiger partial charge is 1.00 e. The van der Waals surface area contributed by atoms with E-state index < -0.39 is 35.4 Å². The Labute approximate surface area is 140 Å². The van der Waals surface area contributed by atoms with Gasteiger partial charge in [-0.1, -0.05) is 11.8 Å². The molecule has 0 spiro atoms. The second kappa shape index (κ2) is 6.35. The van der Waals surface area contributed by atoms with Crippen molar-refractivity contribution < 1.29 is 58.9 Å². The Balaban J connectivity index is 0.00000200. The van der Waals surface area contributed by atoms with Crippen molar-refractivity contribution in [1.29, 1.82) is 0 Å². The monoisotopic (exact) mass is 310 g/mol. The molecular formula is C10H11N2NaO6S. The summed E-state index contributed by atoms with van der Waals surface area (Å²) in [7, 11) is 0. The number of β-lactam (4-membered cyclic amide) rings is 1. The van der Waals surface area contributed by atoms with Crippen LogP contribution in [0.15, 0.2) is 10.6 Å². The molecule has 3 N–H and O–H groups in total. The minimum Gasteiger partial charge on any atom is -0.543 e. The molecule has 0 bridgehead atoms. The fraction of sp³-hybridized carbons (Fsp3) is 0.500. The van der Waals surface area contributed by atoms with Crippen LogP contribution in [0.1, 0.15) is 6.92 Å². The molecule has 104 valence electrons. The van der Waals surface area contributed by atoms with E-state index in [2.05, 4.69) is 4.74 Å². The Bertz CT molecular complexity index is 494. The van der Waals surface area contributed by atoms with Gasteiger partial charge in [0.1, 0.15) is 12.0 Å². The first kappa shape index (κ1) is 17.3. The van der Waals surface area contributed by atoms with Crippen molar-refractivity contribution in [3.8, 4) is 0 Å². The van der Waals surface area contributed by atoms with Crippen LogP contribution in [0.3, 0.4) is 0 Å². The van der Waals surface area contributed by atoms with Crippen LogP contribution >= 0.6 is 11.8 Å². The number of nitrogens with zero attached hydrogens (tertiary/aromatic N) is 1. The fourth-order valence-electron chi connectivity index (χ4n) is 2.08. The van der Waals surface area contributed by atoms with Crippen LogP contribution in [0.2, 0.25) is 0 Å². The van der Waals surface area contributed by atoms with Crippen molar-refractivity contribution in [3.63, 3.8) is 0 Å². The van der Waals surface area contributed by atoms with Crippen molar-refractivity contribution >= 4 is 29.7 Å². The number of aliphatic hydroxyl groups excluding tert-OH is 1. The number of rotatable bonds is 4. The van der Waals surface area contributed by atoms with E-state index in [0.717, 1.165) is 16.7 Å². The number of hydrogen-bond donors (Lipinski definition) is 2. The van der Waals surface area contributed by atoms with Crippen LogP contribution in [-0.2, 0) is 14.3 Å². The van der Waals surface area contributed by atoms with Gasteiger partial charge in [-0.15, -0.1) is 0 Å². The number of amides is 2. The third kappa shape index (κ3) is 2.82. The Kier molecular flexibility index (Phi) is 5.50. The van der Waals surface area contributed by atoms with Gasteiger partial charge in [-0.25, -0.2) is 4.79 Å². The molecule has 3 atom stereocenters.